The number of hydrogen-bond acceptors (Lipinski definition) is 6. The number of carbonyl (C=O) groups is 1. The van der Waals surface area contributed by atoms with Crippen LogP contribution < -0.4 is 14.2 Å². The second-order valence-corrected chi connectivity index (χ2v) is 11.5. The Morgan fingerprint density at radius 3 is 2.32 bits per heavy atom. The molecule has 1 atom stereocenters. The zero-order valence-electron chi connectivity index (χ0n) is 21.5. The number of piperazine rings is 1. The summed E-state index contributed by atoms with van der Waals surface area (Å²) < 4.78 is 39.2. The second-order valence-electron chi connectivity index (χ2n) is 9.74. The fourth-order valence-corrected chi connectivity index (χ4v) is 6.04. The molecule has 2 aliphatic rings. The quantitative estimate of drug-likeness (QED) is 0.449. The molecule has 0 spiro atoms. The highest BCUT2D eigenvalue weighted by molar-refractivity contribution is 7.89. The first-order valence-corrected chi connectivity index (χ1v) is 14.4. The van der Waals surface area contributed by atoms with Crippen LogP contribution in [-0.4, -0.2) is 57.1 Å². The SMILES string of the molecule is C[C@H](NS(=O)(=O)c1ccc(CCC(=O)N2CCN(Cc3ccc4c(c3)OCO4)CC2)cc1)c1ccccc1. The summed E-state index contributed by atoms with van der Waals surface area (Å²) in [6.45, 7) is 5.95. The molecule has 2 heterocycles. The van der Waals surface area contributed by atoms with Gasteiger partial charge in [0, 0.05) is 45.2 Å². The molecule has 0 saturated carbocycles. The molecule has 8 nitrogen and oxygen atoms in total. The number of nitrogens with one attached hydrogen (secondary N) is 1. The van der Waals surface area contributed by atoms with E-state index in [1.165, 1.54) is 5.56 Å². The third-order valence-corrected chi connectivity index (χ3v) is 8.62. The number of rotatable bonds is 9. The normalized spacial score (nSPS) is 16.4. The molecule has 0 aliphatic carbocycles. The molecule has 1 saturated heterocycles. The monoisotopic (exact) mass is 535 g/mol. The van der Waals surface area contributed by atoms with Gasteiger partial charge in [0.2, 0.25) is 22.7 Å². The minimum Gasteiger partial charge on any atom is -0.454 e. The van der Waals surface area contributed by atoms with E-state index in [1.807, 2.05) is 54.3 Å². The highest BCUT2D eigenvalue weighted by Gasteiger charge is 2.22. The smallest absolute Gasteiger partial charge is 0.241 e. The Bertz CT molecular complexity index is 1350. The van der Waals surface area contributed by atoms with Gasteiger partial charge in [0.25, 0.3) is 0 Å². The van der Waals surface area contributed by atoms with Crippen LogP contribution in [0.4, 0.5) is 0 Å². The molecule has 5 rings (SSSR count). The lowest BCUT2D eigenvalue weighted by atomic mass is 10.1. The molecule has 0 bridgehead atoms. The molecule has 0 radical (unpaired) electrons. The lowest BCUT2D eigenvalue weighted by molar-refractivity contribution is -0.133. The highest BCUT2D eigenvalue weighted by Crippen LogP contribution is 2.33. The van der Waals surface area contributed by atoms with E-state index in [0.29, 0.717) is 25.9 Å². The average molecular weight is 536 g/mol. The predicted octanol–water partition coefficient (Wildman–Crippen LogP) is 3.73. The first kappa shape index (κ1) is 26.2. The molecular formula is C29H33N3O5S. The van der Waals surface area contributed by atoms with Crippen LogP contribution in [0.5, 0.6) is 11.5 Å². The molecule has 200 valence electrons. The molecule has 1 amide bonds. The van der Waals surface area contributed by atoms with Gasteiger partial charge in [-0.25, -0.2) is 13.1 Å². The Balaban J connectivity index is 1.07. The van der Waals surface area contributed by atoms with E-state index < -0.39 is 10.0 Å². The molecule has 0 aromatic heterocycles. The number of benzene rings is 3. The fourth-order valence-electron chi connectivity index (χ4n) is 4.81. The van der Waals surface area contributed by atoms with Crippen molar-refractivity contribution in [3.63, 3.8) is 0 Å². The van der Waals surface area contributed by atoms with Gasteiger partial charge in [0.1, 0.15) is 0 Å². The van der Waals surface area contributed by atoms with Crippen LogP contribution in [0.25, 0.3) is 0 Å². The first-order chi connectivity index (χ1) is 18.4. The van der Waals surface area contributed by atoms with Crippen LogP contribution >= 0.6 is 0 Å². The highest BCUT2D eigenvalue weighted by atomic mass is 32.2. The number of ether oxygens (including phenoxy) is 2. The van der Waals surface area contributed by atoms with Crippen molar-refractivity contribution < 1.29 is 22.7 Å². The summed E-state index contributed by atoms with van der Waals surface area (Å²) in [6.07, 6.45) is 0.974. The topological polar surface area (TPSA) is 88.2 Å². The van der Waals surface area contributed by atoms with E-state index >= 15 is 0 Å². The van der Waals surface area contributed by atoms with Crippen molar-refractivity contribution in [3.8, 4) is 11.5 Å². The van der Waals surface area contributed by atoms with E-state index in [-0.39, 0.29) is 23.6 Å². The van der Waals surface area contributed by atoms with E-state index in [9.17, 15) is 13.2 Å². The van der Waals surface area contributed by atoms with E-state index in [4.69, 9.17) is 9.47 Å². The Morgan fingerprint density at radius 1 is 0.895 bits per heavy atom. The molecule has 1 fully saturated rings. The second kappa shape index (κ2) is 11.6. The number of amides is 1. The average Bonchev–Trinajstić information content (AvgIpc) is 3.41. The Kier molecular flexibility index (Phi) is 7.97. The predicted molar refractivity (Wildman–Crippen MR) is 144 cm³/mol. The zero-order chi connectivity index (χ0) is 26.5. The van der Waals surface area contributed by atoms with E-state index in [1.54, 1.807) is 24.3 Å². The molecule has 2 aliphatic heterocycles. The summed E-state index contributed by atoms with van der Waals surface area (Å²) in [4.78, 5) is 17.3. The van der Waals surface area contributed by atoms with E-state index in [2.05, 4.69) is 15.7 Å². The maximum Gasteiger partial charge on any atom is 0.241 e. The molecule has 3 aromatic rings. The van der Waals surface area contributed by atoms with Crippen molar-refractivity contribution in [3.05, 3.63) is 89.5 Å². The standard InChI is InChI=1S/C29H33N3O5S/c1-22(25-5-3-2-4-6-25)30-38(34,35)26-11-7-23(8-12-26)10-14-29(33)32-17-15-31(16-18-32)20-24-9-13-27-28(19-24)37-21-36-27/h2-9,11-13,19,22,30H,10,14-18,20-21H2,1H3/t22-/m0/s1. The molecule has 0 unspecified atom stereocenters. The van der Waals surface area contributed by atoms with Crippen molar-refractivity contribution in [2.45, 2.75) is 37.2 Å². The lowest BCUT2D eigenvalue weighted by Gasteiger charge is -2.35. The van der Waals surface area contributed by atoms with Crippen molar-refractivity contribution in [1.29, 1.82) is 0 Å². The molecule has 1 N–H and O–H groups in total. The molecular weight excluding hydrogens is 502 g/mol. The minimum atomic E-state index is -3.65. The summed E-state index contributed by atoms with van der Waals surface area (Å²) in [5.41, 5.74) is 3.01. The summed E-state index contributed by atoms with van der Waals surface area (Å²) in [7, 11) is -3.65. The number of fused-ring (bicyclic) bond motifs is 1. The summed E-state index contributed by atoms with van der Waals surface area (Å²) in [5, 5.41) is 0. The van der Waals surface area contributed by atoms with Gasteiger partial charge in [-0.1, -0.05) is 48.5 Å². The zero-order valence-corrected chi connectivity index (χ0v) is 22.3. The Morgan fingerprint density at radius 2 is 1.58 bits per heavy atom. The first-order valence-electron chi connectivity index (χ1n) is 12.9. The van der Waals surface area contributed by atoms with Crippen molar-refractivity contribution in [2.75, 3.05) is 33.0 Å². The van der Waals surface area contributed by atoms with Crippen LogP contribution in [0.3, 0.4) is 0 Å². The third-order valence-electron chi connectivity index (χ3n) is 7.06. The van der Waals surface area contributed by atoms with Gasteiger partial charge < -0.3 is 14.4 Å². The lowest BCUT2D eigenvalue weighted by Crippen LogP contribution is -2.48. The number of carbonyl (C=O) groups excluding carboxylic acids is 1. The molecule has 38 heavy (non-hydrogen) atoms. The Hall–Kier alpha value is -3.40. The van der Waals surface area contributed by atoms with Gasteiger partial charge in [-0.15, -0.1) is 0 Å². The summed E-state index contributed by atoms with van der Waals surface area (Å²) in [5.74, 6) is 1.71. The fraction of sp³-hybridized carbons (Fsp3) is 0.345. The van der Waals surface area contributed by atoms with Crippen LogP contribution in [0.1, 0.15) is 36.1 Å². The van der Waals surface area contributed by atoms with Gasteiger partial charge in [-0.3, -0.25) is 9.69 Å². The van der Waals surface area contributed by atoms with Crippen LogP contribution in [0.15, 0.2) is 77.7 Å². The van der Waals surface area contributed by atoms with E-state index in [0.717, 1.165) is 42.3 Å². The molecule has 9 heteroatoms. The number of nitrogens with zero attached hydrogens (tertiary/aromatic N) is 2. The van der Waals surface area contributed by atoms with Crippen molar-refractivity contribution in [2.24, 2.45) is 0 Å². The number of hydrogen-bond donors (Lipinski definition) is 1. The van der Waals surface area contributed by atoms with Gasteiger partial charge >= 0.3 is 0 Å². The minimum absolute atomic E-state index is 0.128. The van der Waals surface area contributed by atoms with Crippen LogP contribution in [0.2, 0.25) is 0 Å². The van der Waals surface area contributed by atoms with Crippen molar-refractivity contribution >= 4 is 15.9 Å². The van der Waals surface area contributed by atoms with Gasteiger partial charge in [-0.2, -0.15) is 0 Å². The Labute approximate surface area is 224 Å². The molecule has 3 aromatic carbocycles. The van der Waals surface area contributed by atoms with Crippen molar-refractivity contribution in [1.82, 2.24) is 14.5 Å². The third kappa shape index (κ3) is 6.35. The number of aryl methyl sites for hydroxylation is 1. The largest absolute Gasteiger partial charge is 0.454 e. The summed E-state index contributed by atoms with van der Waals surface area (Å²) in [6, 6.07) is 21.9. The van der Waals surface area contributed by atoms with Crippen LogP contribution in [-0.2, 0) is 27.8 Å². The van der Waals surface area contributed by atoms with Gasteiger partial charge in [0.15, 0.2) is 11.5 Å². The maximum atomic E-state index is 12.8. The number of sulfonamides is 1. The summed E-state index contributed by atoms with van der Waals surface area (Å²) >= 11 is 0. The van der Waals surface area contributed by atoms with Crippen LogP contribution in [0, 0.1) is 0 Å². The van der Waals surface area contributed by atoms with Gasteiger partial charge in [-0.05, 0) is 54.3 Å². The maximum absolute atomic E-state index is 12.8. The van der Waals surface area contributed by atoms with Gasteiger partial charge in [0.05, 0.1) is 4.90 Å².